The predicted molar refractivity (Wildman–Crippen MR) is 96.0 cm³/mol. The lowest BCUT2D eigenvalue weighted by Gasteiger charge is -2.42. The second kappa shape index (κ2) is 6.39. The van der Waals surface area contributed by atoms with Crippen LogP contribution in [0.25, 0.3) is 0 Å². The number of benzene rings is 2. The monoisotopic (exact) mass is 310 g/mol. The van der Waals surface area contributed by atoms with E-state index in [-0.39, 0.29) is 6.10 Å². The van der Waals surface area contributed by atoms with Crippen LogP contribution < -0.4 is 5.19 Å². The first kappa shape index (κ1) is 15.5. The van der Waals surface area contributed by atoms with E-state index in [4.69, 9.17) is 4.43 Å². The molecule has 0 bridgehead atoms. The summed E-state index contributed by atoms with van der Waals surface area (Å²) in [6.45, 7) is 6.92. The van der Waals surface area contributed by atoms with Crippen molar-refractivity contribution in [3.05, 3.63) is 65.7 Å². The lowest BCUT2D eigenvalue weighted by Crippen LogP contribution is -2.57. The van der Waals surface area contributed by atoms with Crippen LogP contribution in [0.1, 0.15) is 44.4 Å². The predicted octanol–water partition coefficient (Wildman–Crippen LogP) is 4.97. The van der Waals surface area contributed by atoms with Gasteiger partial charge in [-0.25, -0.2) is 0 Å². The summed E-state index contributed by atoms with van der Waals surface area (Å²) in [5.74, 6) is 0. The highest BCUT2D eigenvalue weighted by molar-refractivity contribution is 6.88. The van der Waals surface area contributed by atoms with Gasteiger partial charge in [0.05, 0.1) is 6.10 Å². The highest BCUT2D eigenvalue weighted by atomic mass is 28.4. The number of aryl methyl sites for hydroxylation is 1. The molecular weight excluding hydrogens is 284 g/mol. The highest BCUT2D eigenvalue weighted by Gasteiger charge is 2.45. The fraction of sp³-hybridized carbons (Fsp3) is 0.400. The van der Waals surface area contributed by atoms with Crippen molar-refractivity contribution in [1.29, 1.82) is 0 Å². The van der Waals surface area contributed by atoms with Crippen molar-refractivity contribution in [3.8, 4) is 0 Å². The van der Waals surface area contributed by atoms with Crippen molar-refractivity contribution in [2.45, 2.75) is 51.3 Å². The molecule has 0 fully saturated rings. The molecule has 0 spiro atoms. The summed E-state index contributed by atoms with van der Waals surface area (Å²) in [6.07, 6.45) is 2.64. The summed E-state index contributed by atoms with van der Waals surface area (Å²) >= 11 is 0. The molecule has 2 atom stereocenters. The van der Waals surface area contributed by atoms with Gasteiger partial charge in [0.15, 0.2) is 0 Å². The zero-order chi connectivity index (χ0) is 15.6. The summed E-state index contributed by atoms with van der Waals surface area (Å²) in [7, 11) is -1.93. The molecule has 2 aromatic rings. The quantitative estimate of drug-likeness (QED) is 0.724. The van der Waals surface area contributed by atoms with E-state index in [9.17, 15) is 0 Å². The third-order valence-corrected chi connectivity index (χ3v) is 10.2. The average molecular weight is 311 g/mol. The minimum absolute atomic E-state index is 0.168. The molecular formula is C20H26OSi. The van der Waals surface area contributed by atoms with E-state index in [2.05, 4.69) is 75.4 Å². The van der Waals surface area contributed by atoms with Crippen molar-refractivity contribution in [2.24, 2.45) is 0 Å². The van der Waals surface area contributed by atoms with Gasteiger partial charge in [-0.2, -0.15) is 0 Å². The number of hydrogen-bond donors (Lipinski definition) is 0. The van der Waals surface area contributed by atoms with Gasteiger partial charge in [0.2, 0.25) is 8.32 Å². The fourth-order valence-corrected chi connectivity index (χ4v) is 8.38. The van der Waals surface area contributed by atoms with Gasteiger partial charge in [0.25, 0.3) is 0 Å². The van der Waals surface area contributed by atoms with Crippen molar-refractivity contribution < 1.29 is 4.43 Å². The molecule has 0 saturated heterocycles. The van der Waals surface area contributed by atoms with Crippen LogP contribution in [-0.4, -0.2) is 8.32 Å². The van der Waals surface area contributed by atoms with E-state index >= 15 is 0 Å². The summed E-state index contributed by atoms with van der Waals surface area (Å²) in [6, 6.07) is 20.9. The van der Waals surface area contributed by atoms with Crippen LogP contribution >= 0.6 is 0 Å². The van der Waals surface area contributed by atoms with Crippen molar-refractivity contribution >= 4 is 13.5 Å². The Hall–Kier alpha value is -1.38. The Labute approximate surface area is 135 Å². The maximum absolute atomic E-state index is 6.89. The standard InChI is InChI=1S/C20H26OSi/c1-16(2)22(21-17(3)18-10-5-4-6-11-18)15-9-13-19-12-7-8-14-20(19)22/h4-8,10-12,14,16-17H,9,13,15H2,1-3H3/t17-,22-/m1/s1. The molecule has 1 aliphatic rings. The molecule has 0 N–H and O–H groups in total. The van der Waals surface area contributed by atoms with Crippen LogP contribution in [0.15, 0.2) is 54.6 Å². The van der Waals surface area contributed by atoms with Gasteiger partial charge in [0.1, 0.15) is 0 Å². The second-order valence-corrected chi connectivity index (χ2v) is 10.9. The largest absolute Gasteiger partial charge is 0.405 e. The van der Waals surface area contributed by atoms with Crippen molar-refractivity contribution in [1.82, 2.24) is 0 Å². The molecule has 3 rings (SSSR count). The summed E-state index contributed by atoms with van der Waals surface area (Å²) < 4.78 is 6.89. The van der Waals surface area contributed by atoms with Gasteiger partial charge in [-0.3, -0.25) is 0 Å². The summed E-state index contributed by atoms with van der Waals surface area (Å²) in [4.78, 5) is 0. The summed E-state index contributed by atoms with van der Waals surface area (Å²) in [5.41, 5.74) is 3.41. The van der Waals surface area contributed by atoms with E-state index in [1.807, 2.05) is 0 Å². The fourth-order valence-electron chi connectivity index (χ4n) is 3.79. The maximum Gasteiger partial charge on any atom is 0.227 e. The third-order valence-electron chi connectivity index (χ3n) is 5.06. The second-order valence-electron chi connectivity index (χ2n) is 6.73. The molecule has 2 aromatic carbocycles. The lowest BCUT2D eigenvalue weighted by molar-refractivity contribution is 0.210. The van der Waals surface area contributed by atoms with Crippen LogP contribution in [-0.2, 0) is 10.8 Å². The number of hydrogen-bond acceptors (Lipinski definition) is 1. The molecule has 0 unspecified atom stereocenters. The molecule has 0 radical (unpaired) electrons. The zero-order valence-corrected chi connectivity index (χ0v) is 14.9. The van der Waals surface area contributed by atoms with Crippen LogP contribution in [0.4, 0.5) is 0 Å². The lowest BCUT2D eigenvalue weighted by atomic mass is 10.1. The van der Waals surface area contributed by atoms with Crippen molar-refractivity contribution in [3.63, 3.8) is 0 Å². The molecule has 0 aromatic heterocycles. The SMILES string of the molecule is CC(C)[Si@]1(O[C@H](C)c2ccccc2)CCCc2ccccc21. The Balaban J connectivity index is 1.97. The maximum atomic E-state index is 6.89. The normalized spacial score (nSPS) is 22.4. The molecule has 1 nitrogen and oxygen atoms in total. The number of rotatable bonds is 4. The van der Waals surface area contributed by atoms with Crippen LogP contribution in [0.5, 0.6) is 0 Å². The minimum atomic E-state index is -1.93. The number of fused-ring (bicyclic) bond motifs is 1. The Bertz CT molecular complexity index is 623. The van der Waals surface area contributed by atoms with Gasteiger partial charge in [0, 0.05) is 0 Å². The van der Waals surface area contributed by atoms with E-state index in [1.54, 1.807) is 5.19 Å². The van der Waals surface area contributed by atoms with Crippen LogP contribution in [0.2, 0.25) is 11.6 Å². The molecule has 0 aliphatic carbocycles. The Morgan fingerprint density at radius 1 is 0.909 bits per heavy atom. The van der Waals surface area contributed by atoms with E-state index in [0.29, 0.717) is 5.54 Å². The third kappa shape index (κ3) is 2.78. The van der Waals surface area contributed by atoms with Gasteiger partial charge < -0.3 is 4.43 Å². The minimum Gasteiger partial charge on any atom is -0.405 e. The average Bonchev–Trinajstić information content (AvgIpc) is 2.55. The molecule has 1 heterocycles. The highest BCUT2D eigenvalue weighted by Crippen LogP contribution is 2.36. The van der Waals surface area contributed by atoms with Crippen molar-refractivity contribution in [2.75, 3.05) is 0 Å². The first-order chi connectivity index (χ1) is 10.6. The molecule has 2 heteroatoms. The molecule has 1 aliphatic heterocycles. The Morgan fingerprint density at radius 3 is 2.32 bits per heavy atom. The molecule has 0 amide bonds. The van der Waals surface area contributed by atoms with Gasteiger partial charge >= 0.3 is 0 Å². The van der Waals surface area contributed by atoms with E-state index in [0.717, 1.165) is 0 Å². The molecule has 116 valence electrons. The van der Waals surface area contributed by atoms with E-state index < -0.39 is 8.32 Å². The van der Waals surface area contributed by atoms with Gasteiger partial charge in [-0.1, -0.05) is 68.4 Å². The van der Waals surface area contributed by atoms with Gasteiger partial charge in [-0.05, 0) is 47.7 Å². The summed E-state index contributed by atoms with van der Waals surface area (Å²) in [5, 5.41) is 1.54. The topological polar surface area (TPSA) is 9.23 Å². The van der Waals surface area contributed by atoms with Gasteiger partial charge in [-0.15, -0.1) is 0 Å². The van der Waals surface area contributed by atoms with Crippen LogP contribution in [0, 0.1) is 0 Å². The Kier molecular flexibility index (Phi) is 4.51. The van der Waals surface area contributed by atoms with E-state index in [1.165, 1.54) is 30.0 Å². The molecule has 22 heavy (non-hydrogen) atoms. The Morgan fingerprint density at radius 2 is 1.59 bits per heavy atom. The first-order valence-electron chi connectivity index (χ1n) is 8.44. The smallest absolute Gasteiger partial charge is 0.227 e. The zero-order valence-electron chi connectivity index (χ0n) is 13.9. The van der Waals surface area contributed by atoms with Crippen LogP contribution in [0.3, 0.4) is 0 Å². The molecule has 0 saturated carbocycles. The first-order valence-corrected chi connectivity index (χ1v) is 10.6.